The Balaban J connectivity index is 2.04. The molecule has 5 atom stereocenters. The highest BCUT2D eigenvalue weighted by atomic mass is 15.2. The van der Waals surface area contributed by atoms with Gasteiger partial charge in [-0.15, -0.1) is 0 Å². The minimum Gasteiger partial charge on any atom is -0.312 e. The molecule has 21 heavy (non-hydrogen) atoms. The number of hydrogen-bond donors (Lipinski definition) is 1. The molecule has 1 N–H and O–H groups in total. The van der Waals surface area contributed by atoms with Crippen LogP contribution >= 0.6 is 0 Å². The summed E-state index contributed by atoms with van der Waals surface area (Å²) in [4.78, 5) is 2.88. The van der Waals surface area contributed by atoms with Crippen LogP contribution in [0.1, 0.15) is 79.1 Å². The number of hydrogen-bond acceptors (Lipinski definition) is 2. The van der Waals surface area contributed by atoms with E-state index in [0.29, 0.717) is 0 Å². The van der Waals surface area contributed by atoms with E-state index in [4.69, 9.17) is 0 Å². The zero-order valence-electron chi connectivity index (χ0n) is 14.9. The molecular weight excluding hydrogens is 256 g/mol. The van der Waals surface area contributed by atoms with E-state index in [1.54, 1.807) is 0 Å². The molecule has 0 spiro atoms. The quantitative estimate of drug-likeness (QED) is 0.779. The van der Waals surface area contributed by atoms with E-state index in [1.807, 2.05) is 0 Å². The van der Waals surface area contributed by atoms with Crippen LogP contribution in [0.25, 0.3) is 0 Å². The second-order valence-corrected chi connectivity index (χ2v) is 7.69. The van der Waals surface area contributed by atoms with Crippen LogP contribution in [0.3, 0.4) is 0 Å². The van der Waals surface area contributed by atoms with Crippen LogP contribution in [0.2, 0.25) is 0 Å². The summed E-state index contributed by atoms with van der Waals surface area (Å²) in [7, 11) is 0. The summed E-state index contributed by atoms with van der Waals surface area (Å²) in [6.07, 6.45) is 11.2. The lowest BCUT2D eigenvalue weighted by Gasteiger charge is -2.49. The van der Waals surface area contributed by atoms with Crippen molar-refractivity contribution in [1.82, 2.24) is 10.2 Å². The molecule has 2 heteroatoms. The molecule has 0 aromatic heterocycles. The number of rotatable bonds is 6. The van der Waals surface area contributed by atoms with Crippen molar-refractivity contribution in [2.24, 2.45) is 11.8 Å². The average Bonchev–Trinajstić information content (AvgIpc) is 2.49. The van der Waals surface area contributed by atoms with Gasteiger partial charge in [0, 0.05) is 18.1 Å². The van der Waals surface area contributed by atoms with Gasteiger partial charge in [0.1, 0.15) is 0 Å². The molecule has 2 nitrogen and oxygen atoms in total. The Hall–Kier alpha value is -0.0800. The molecule has 0 radical (unpaired) electrons. The number of nitrogens with one attached hydrogen (secondary N) is 1. The molecule has 1 aliphatic heterocycles. The van der Waals surface area contributed by atoms with Gasteiger partial charge in [0.15, 0.2) is 0 Å². The first kappa shape index (κ1) is 17.3. The third kappa shape index (κ3) is 4.45. The van der Waals surface area contributed by atoms with Crippen molar-refractivity contribution < 1.29 is 0 Å². The Morgan fingerprint density at radius 1 is 1.05 bits per heavy atom. The fourth-order valence-corrected chi connectivity index (χ4v) is 4.67. The van der Waals surface area contributed by atoms with Crippen molar-refractivity contribution >= 4 is 0 Å². The lowest BCUT2D eigenvalue weighted by atomic mass is 9.77. The monoisotopic (exact) mass is 294 g/mol. The summed E-state index contributed by atoms with van der Waals surface area (Å²) in [6, 6.07) is 2.31. The first-order valence-corrected chi connectivity index (χ1v) is 9.66. The molecule has 0 amide bonds. The summed E-state index contributed by atoms with van der Waals surface area (Å²) in [6.45, 7) is 12.1. The van der Waals surface area contributed by atoms with Crippen molar-refractivity contribution in [2.45, 2.75) is 97.2 Å². The van der Waals surface area contributed by atoms with Crippen molar-refractivity contribution in [3.63, 3.8) is 0 Å². The van der Waals surface area contributed by atoms with Gasteiger partial charge in [0.05, 0.1) is 0 Å². The molecule has 124 valence electrons. The molecule has 0 bridgehead atoms. The Bertz CT molecular complexity index is 291. The highest BCUT2D eigenvalue weighted by Gasteiger charge is 2.38. The van der Waals surface area contributed by atoms with Crippen LogP contribution in [0.5, 0.6) is 0 Å². The molecule has 2 fully saturated rings. The minimum absolute atomic E-state index is 0.741. The van der Waals surface area contributed by atoms with Crippen molar-refractivity contribution in [3.05, 3.63) is 0 Å². The fraction of sp³-hybridized carbons (Fsp3) is 1.00. The van der Waals surface area contributed by atoms with Gasteiger partial charge in [-0.05, 0) is 70.4 Å². The van der Waals surface area contributed by atoms with Crippen molar-refractivity contribution in [2.75, 3.05) is 13.1 Å². The van der Waals surface area contributed by atoms with Gasteiger partial charge in [-0.1, -0.05) is 33.6 Å². The smallest absolute Gasteiger partial charge is 0.0254 e. The van der Waals surface area contributed by atoms with Gasteiger partial charge >= 0.3 is 0 Å². The third-order valence-electron chi connectivity index (χ3n) is 6.13. The first-order valence-electron chi connectivity index (χ1n) is 9.66. The number of likely N-dealkylation sites (tertiary alicyclic amines) is 1. The van der Waals surface area contributed by atoms with Crippen molar-refractivity contribution in [3.8, 4) is 0 Å². The fourth-order valence-electron chi connectivity index (χ4n) is 4.67. The highest BCUT2D eigenvalue weighted by molar-refractivity contribution is 4.95. The largest absolute Gasteiger partial charge is 0.312 e. The molecule has 0 aromatic rings. The summed E-state index contributed by atoms with van der Waals surface area (Å²) in [5.41, 5.74) is 0. The zero-order valence-corrected chi connectivity index (χ0v) is 14.9. The van der Waals surface area contributed by atoms with Crippen LogP contribution in [0.15, 0.2) is 0 Å². The molecule has 1 heterocycles. The van der Waals surface area contributed by atoms with Crippen molar-refractivity contribution in [1.29, 1.82) is 0 Å². The molecule has 5 unspecified atom stereocenters. The van der Waals surface area contributed by atoms with E-state index in [9.17, 15) is 0 Å². The third-order valence-corrected chi connectivity index (χ3v) is 6.13. The first-order chi connectivity index (χ1) is 10.2. The van der Waals surface area contributed by atoms with Gasteiger partial charge in [-0.25, -0.2) is 0 Å². The van der Waals surface area contributed by atoms with Gasteiger partial charge in [-0.3, -0.25) is 4.90 Å². The predicted octanol–water partition coefficient (Wildman–Crippen LogP) is 4.44. The zero-order chi connectivity index (χ0) is 15.2. The maximum atomic E-state index is 3.88. The van der Waals surface area contributed by atoms with Crippen LogP contribution in [0, 0.1) is 11.8 Å². The standard InChI is InChI=1S/C19H38N2/c1-5-8-17-10-11-18(20-12-6-2)19(14-17)21-13-7-9-15(3)16(21)4/h15-20H,5-14H2,1-4H3. The van der Waals surface area contributed by atoms with E-state index in [0.717, 1.165) is 30.0 Å². The highest BCUT2D eigenvalue weighted by Crippen LogP contribution is 2.35. The summed E-state index contributed by atoms with van der Waals surface area (Å²) >= 11 is 0. The van der Waals surface area contributed by atoms with E-state index < -0.39 is 0 Å². The van der Waals surface area contributed by atoms with E-state index in [-0.39, 0.29) is 0 Å². The second-order valence-electron chi connectivity index (χ2n) is 7.69. The van der Waals surface area contributed by atoms with Crippen LogP contribution in [-0.4, -0.2) is 36.1 Å². The molecule has 2 rings (SSSR count). The summed E-state index contributed by atoms with van der Waals surface area (Å²) in [5, 5.41) is 3.88. The molecule has 1 saturated heterocycles. The lowest BCUT2D eigenvalue weighted by Crippen LogP contribution is -2.58. The van der Waals surface area contributed by atoms with Gasteiger partial charge in [0.2, 0.25) is 0 Å². The topological polar surface area (TPSA) is 15.3 Å². The normalized spacial score (nSPS) is 38.6. The molecule has 0 aromatic carbocycles. The molecular formula is C19H38N2. The Kier molecular flexibility index (Phi) is 7.01. The predicted molar refractivity (Wildman–Crippen MR) is 92.7 cm³/mol. The summed E-state index contributed by atoms with van der Waals surface area (Å²) < 4.78 is 0. The summed E-state index contributed by atoms with van der Waals surface area (Å²) in [5.74, 6) is 1.85. The van der Waals surface area contributed by atoms with Crippen LogP contribution < -0.4 is 5.32 Å². The Morgan fingerprint density at radius 2 is 1.86 bits per heavy atom. The van der Waals surface area contributed by atoms with E-state index in [2.05, 4.69) is 37.9 Å². The second kappa shape index (κ2) is 8.53. The van der Waals surface area contributed by atoms with E-state index >= 15 is 0 Å². The SMILES string of the molecule is CCCNC1CCC(CCC)CC1N1CCCC(C)C1C. The number of nitrogens with zero attached hydrogens (tertiary/aromatic N) is 1. The Morgan fingerprint density at radius 3 is 2.57 bits per heavy atom. The Labute approximate surface area is 133 Å². The average molecular weight is 295 g/mol. The minimum atomic E-state index is 0.741. The van der Waals surface area contributed by atoms with Gasteiger partial charge in [0.25, 0.3) is 0 Å². The molecule has 1 saturated carbocycles. The van der Waals surface area contributed by atoms with Gasteiger partial charge < -0.3 is 5.32 Å². The molecule has 1 aliphatic carbocycles. The van der Waals surface area contributed by atoms with Crippen LogP contribution in [-0.2, 0) is 0 Å². The maximum Gasteiger partial charge on any atom is 0.0254 e. The molecule has 2 aliphatic rings. The van der Waals surface area contributed by atoms with E-state index in [1.165, 1.54) is 64.5 Å². The van der Waals surface area contributed by atoms with Gasteiger partial charge in [-0.2, -0.15) is 0 Å². The maximum absolute atomic E-state index is 3.88. The lowest BCUT2D eigenvalue weighted by molar-refractivity contribution is 0.0195. The number of piperidine rings is 1. The van der Waals surface area contributed by atoms with Crippen LogP contribution in [0.4, 0.5) is 0 Å².